The maximum absolute atomic E-state index is 12.7. The number of hydrogen-bond acceptors (Lipinski definition) is 3. The van der Waals surface area contributed by atoms with Crippen LogP contribution in [0.1, 0.15) is 5.56 Å². The molecule has 16 heavy (non-hydrogen) atoms. The fourth-order valence-electron chi connectivity index (χ4n) is 1.38. The lowest BCUT2D eigenvalue weighted by atomic mass is 10.0. The molecule has 0 amide bonds. The number of rotatable bonds is 1. The predicted octanol–water partition coefficient (Wildman–Crippen LogP) is 2.94. The van der Waals surface area contributed by atoms with Gasteiger partial charge in [0.05, 0.1) is 11.8 Å². The third-order valence-corrected chi connectivity index (χ3v) is 2.08. The van der Waals surface area contributed by atoms with Crippen molar-refractivity contribution in [2.75, 3.05) is 5.73 Å². The summed E-state index contributed by atoms with van der Waals surface area (Å²) < 4.78 is 42.7. The van der Waals surface area contributed by atoms with Crippen molar-refractivity contribution in [3.05, 3.63) is 36.0 Å². The summed E-state index contributed by atoms with van der Waals surface area (Å²) >= 11 is 0. The first-order chi connectivity index (χ1) is 7.50. The highest BCUT2D eigenvalue weighted by molar-refractivity contribution is 5.73. The van der Waals surface area contributed by atoms with E-state index in [9.17, 15) is 13.2 Å². The second-order valence-electron chi connectivity index (χ2n) is 3.15. The fraction of sp³-hybridized carbons (Fsp3) is 0.100. The molecule has 0 fully saturated rings. The van der Waals surface area contributed by atoms with E-state index in [1.807, 2.05) is 0 Å². The van der Waals surface area contributed by atoms with E-state index in [1.165, 1.54) is 24.4 Å². The monoisotopic (exact) mass is 228 g/mol. The van der Waals surface area contributed by atoms with Crippen LogP contribution in [0.25, 0.3) is 11.3 Å². The van der Waals surface area contributed by atoms with Crippen LogP contribution in [0.15, 0.2) is 35.0 Å². The summed E-state index contributed by atoms with van der Waals surface area (Å²) in [5, 5.41) is 3.35. The molecular weight excluding hydrogens is 221 g/mol. The number of halogens is 3. The fourth-order valence-corrected chi connectivity index (χ4v) is 1.38. The Morgan fingerprint density at radius 3 is 2.44 bits per heavy atom. The summed E-state index contributed by atoms with van der Waals surface area (Å²) in [5.41, 5.74) is 4.64. The van der Waals surface area contributed by atoms with E-state index in [1.54, 1.807) is 0 Å². The predicted molar refractivity (Wildman–Crippen MR) is 51.4 cm³/mol. The Balaban J connectivity index is 2.62. The normalized spacial score (nSPS) is 11.7. The summed E-state index contributed by atoms with van der Waals surface area (Å²) in [4.78, 5) is 0. The lowest BCUT2D eigenvalue weighted by Gasteiger charge is -2.10. The standard InChI is InChI=1S/C10H7F3N2O/c11-10(12,13)7-4-2-1-3-6(7)9-8(14)5-15-16-9/h1-5H,14H2. The van der Waals surface area contributed by atoms with Crippen LogP contribution in [-0.4, -0.2) is 5.16 Å². The molecule has 1 aromatic carbocycles. The Morgan fingerprint density at radius 2 is 1.88 bits per heavy atom. The number of benzene rings is 1. The third kappa shape index (κ3) is 1.73. The van der Waals surface area contributed by atoms with Crippen LogP contribution in [0.3, 0.4) is 0 Å². The van der Waals surface area contributed by atoms with Gasteiger partial charge in [0.2, 0.25) is 0 Å². The second kappa shape index (κ2) is 3.55. The molecule has 0 aliphatic rings. The quantitative estimate of drug-likeness (QED) is 0.816. The Hall–Kier alpha value is -1.98. The molecule has 2 aromatic rings. The van der Waals surface area contributed by atoms with E-state index in [0.29, 0.717) is 0 Å². The number of alkyl halides is 3. The molecule has 2 N–H and O–H groups in total. The van der Waals surface area contributed by atoms with Gasteiger partial charge in [-0.15, -0.1) is 0 Å². The summed E-state index contributed by atoms with van der Waals surface area (Å²) in [6, 6.07) is 5.04. The minimum absolute atomic E-state index is 0.0621. The van der Waals surface area contributed by atoms with Crippen molar-refractivity contribution in [3.63, 3.8) is 0 Å². The molecule has 0 saturated carbocycles. The van der Waals surface area contributed by atoms with Gasteiger partial charge in [0.1, 0.15) is 5.69 Å². The average Bonchev–Trinajstić information content (AvgIpc) is 2.63. The topological polar surface area (TPSA) is 52.0 Å². The molecule has 0 aliphatic carbocycles. The molecule has 0 bridgehead atoms. The van der Waals surface area contributed by atoms with Crippen molar-refractivity contribution in [3.8, 4) is 11.3 Å². The number of hydrogen-bond donors (Lipinski definition) is 1. The zero-order valence-electron chi connectivity index (χ0n) is 7.95. The Labute approximate surface area is 88.7 Å². The minimum atomic E-state index is -4.45. The van der Waals surface area contributed by atoms with Crippen LogP contribution in [0.4, 0.5) is 18.9 Å². The summed E-state index contributed by atoms with van der Waals surface area (Å²) in [6.07, 6.45) is -3.28. The van der Waals surface area contributed by atoms with Gasteiger partial charge in [-0.3, -0.25) is 0 Å². The molecule has 1 heterocycles. The lowest BCUT2D eigenvalue weighted by molar-refractivity contribution is -0.137. The van der Waals surface area contributed by atoms with E-state index in [2.05, 4.69) is 5.16 Å². The zero-order valence-corrected chi connectivity index (χ0v) is 7.95. The maximum atomic E-state index is 12.7. The average molecular weight is 228 g/mol. The van der Waals surface area contributed by atoms with Crippen molar-refractivity contribution in [2.24, 2.45) is 0 Å². The highest BCUT2D eigenvalue weighted by Gasteiger charge is 2.34. The third-order valence-electron chi connectivity index (χ3n) is 2.08. The van der Waals surface area contributed by atoms with Crippen molar-refractivity contribution in [1.29, 1.82) is 0 Å². The summed E-state index contributed by atoms with van der Waals surface area (Å²) in [5.74, 6) is -0.0621. The largest absolute Gasteiger partial charge is 0.417 e. The molecule has 0 spiro atoms. The number of nitrogen functional groups attached to an aromatic ring is 1. The van der Waals surface area contributed by atoms with Crippen LogP contribution < -0.4 is 5.73 Å². The van der Waals surface area contributed by atoms with Gasteiger partial charge in [-0.1, -0.05) is 23.4 Å². The van der Waals surface area contributed by atoms with E-state index < -0.39 is 11.7 Å². The van der Waals surface area contributed by atoms with Gasteiger partial charge in [-0.2, -0.15) is 13.2 Å². The van der Waals surface area contributed by atoms with Crippen molar-refractivity contribution >= 4 is 5.69 Å². The SMILES string of the molecule is Nc1cnoc1-c1ccccc1C(F)(F)F. The molecule has 0 unspecified atom stereocenters. The first-order valence-electron chi connectivity index (χ1n) is 4.37. The second-order valence-corrected chi connectivity index (χ2v) is 3.15. The van der Waals surface area contributed by atoms with E-state index in [-0.39, 0.29) is 17.0 Å². The van der Waals surface area contributed by atoms with Crippen molar-refractivity contribution in [1.82, 2.24) is 5.16 Å². The molecule has 84 valence electrons. The molecule has 0 atom stereocenters. The zero-order chi connectivity index (χ0) is 11.8. The van der Waals surface area contributed by atoms with E-state index in [0.717, 1.165) is 6.07 Å². The van der Waals surface area contributed by atoms with Crippen LogP contribution in [-0.2, 0) is 6.18 Å². The number of aromatic nitrogens is 1. The highest BCUT2D eigenvalue weighted by atomic mass is 19.4. The molecule has 1 aromatic heterocycles. The smallest absolute Gasteiger partial charge is 0.394 e. The molecule has 3 nitrogen and oxygen atoms in total. The van der Waals surface area contributed by atoms with E-state index in [4.69, 9.17) is 10.3 Å². The molecule has 6 heteroatoms. The first-order valence-corrected chi connectivity index (χ1v) is 4.37. The number of anilines is 1. The van der Waals surface area contributed by atoms with Gasteiger partial charge < -0.3 is 10.3 Å². The van der Waals surface area contributed by atoms with Crippen LogP contribution in [0.5, 0.6) is 0 Å². The number of nitrogens with zero attached hydrogens (tertiary/aromatic N) is 1. The summed E-state index contributed by atoms with van der Waals surface area (Å²) in [7, 11) is 0. The first kappa shape index (κ1) is 10.5. The van der Waals surface area contributed by atoms with Crippen molar-refractivity contribution < 1.29 is 17.7 Å². The summed E-state index contributed by atoms with van der Waals surface area (Å²) in [6.45, 7) is 0. The molecule has 0 aliphatic heterocycles. The molecule has 0 radical (unpaired) electrons. The number of nitrogens with two attached hydrogens (primary N) is 1. The van der Waals surface area contributed by atoms with Gasteiger partial charge in [0.15, 0.2) is 5.76 Å². The maximum Gasteiger partial charge on any atom is 0.417 e. The Bertz CT molecular complexity index is 505. The van der Waals surface area contributed by atoms with Crippen LogP contribution >= 0.6 is 0 Å². The van der Waals surface area contributed by atoms with Crippen LogP contribution in [0, 0.1) is 0 Å². The highest BCUT2D eigenvalue weighted by Crippen LogP contribution is 2.38. The van der Waals surface area contributed by atoms with Crippen LogP contribution in [0.2, 0.25) is 0 Å². The van der Waals surface area contributed by atoms with Gasteiger partial charge in [0.25, 0.3) is 0 Å². The Morgan fingerprint density at radius 1 is 1.19 bits per heavy atom. The lowest BCUT2D eigenvalue weighted by Crippen LogP contribution is -2.07. The van der Waals surface area contributed by atoms with Gasteiger partial charge in [-0.05, 0) is 6.07 Å². The minimum Gasteiger partial charge on any atom is -0.394 e. The Kier molecular flexibility index (Phi) is 2.34. The van der Waals surface area contributed by atoms with E-state index >= 15 is 0 Å². The van der Waals surface area contributed by atoms with Gasteiger partial charge in [0, 0.05) is 5.56 Å². The van der Waals surface area contributed by atoms with Gasteiger partial charge >= 0.3 is 6.18 Å². The molecule has 2 rings (SSSR count). The van der Waals surface area contributed by atoms with Gasteiger partial charge in [-0.25, -0.2) is 0 Å². The van der Waals surface area contributed by atoms with Crippen molar-refractivity contribution in [2.45, 2.75) is 6.18 Å². The molecular formula is C10H7F3N2O. The molecule has 0 saturated heterocycles.